The zero-order chi connectivity index (χ0) is 17.3. The van der Waals surface area contributed by atoms with Gasteiger partial charge in [0.15, 0.2) is 0 Å². The van der Waals surface area contributed by atoms with E-state index in [2.05, 4.69) is 18.8 Å². The van der Waals surface area contributed by atoms with Gasteiger partial charge in [0.05, 0.1) is 0 Å². The molecule has 0 spiro atoms. The van der Waals surface area contributed by atoms with E-state index in [1.54, 1.807) is 18.0 Å². The number of H-pyrrole nitrogens is 1. The first kappa shape index (κ1) is 16.3. The fraction of sp³-hybridized carbons (Fsp3) is 0.368. The van der Waals surface area contributed by atoms with Gasteiger partial charge in [0.2, 0.25) is 5.56 Å². The minimum Gasteiger partial charge on any atom is -0.490 e. The number of para-hydroxylation sites is 1. The molecule has 126 valence electrons. The molecule has 1 aliphatic rings. The normalized spacial score (nSPS) is 21.6. The number of carbonyl (C=O) groups is 1. The lowest BCUT2D eigenvalue weighted by molar-refractivity contribution is -0.0886. The van der Waals surface area contributed by atoms with E-state index in [1.165, 1.54) is 12.3 Å². The fourth-order valence-corrected chi connectivity index (χ4v) is 3.31. The summed E-state index contributed by atoms with van der Waals surface area (Å²) in [6.07, 6.45) is 2.32. The van der Waals surface area contributed by atoms with E-state index in [-0.39, 0.29) is 29.0 Å². The Morgan fingerprint density at radius 3 is 2.58 bits per heavy atom. The number of nitrogens with one attached hydrogen (secondary N) is 1. The molecule has 1 aromatic heterocycles. The molecular weight excluding hydrogens is 304 g/mol. The van der Waals surface area contributed by atoms with Gasteiger partial charge in [-0.3, -0.25) is 9.59 Å². The largest absolute Gasteiger partial charge is 0.490 e. The van der Waals surface area contributed by atoms with E-state index in [0.717, 1.165) is 12.2 Å². The van der Waals surface area contributed by atoms with E-state index in [9.17, 15) is 9.59 Å². The van der Waals surface area contributed by atoms with E-state index in [4.69, 9.17) is 4.74 Å². The van der Waals surface area contributed by atoms with Crippen LogP contribution < -0.4 is 10.3 Å². The summed E-state index contributed by atoms with van der Waals surface area (Å²) in [5, 5.41) is 0. The van der Waals surface area contributed by atoms with E-state index in [1.807, 2.05) is 30.3 Å². The number of amides is 1. The Hall–Kier alpha value is -2.56. The van der Waals surface area contributed by atoms with Gasteiger partial charge in [-0.15, -0.1) is 0 Å². The molecule has 1 saturated carbocycles. The molecule has 1 fully saturated rings. The molecule has 1 heterocycles. The number of carbonyl (C=O) groups excluding carboxylic acids is 1. The van der Waals surface area contributed by atoms with Crippen molar-refractivity contribution in [2.45, 2.75) is 32.4 Å². The van der Waals surface area contributed by atoms with E-state index >= 15 is 0 Å². The Kier molecular flexibility index (Phi) is 4.18. The molecular formula is C19H22N2O3. The highest BCUT2D eigenvalue weighted by molar-refractivity contribution is 5.94. The third kappa shape index (κ3) is 2.94. The van der Waals surface area contributed by atoms with Crippen LogP contribution >= 0.6 is 0 Å². The third-order valence-electron chi connectivity index (χ3n) is 4.96. The first-order chi connectivity index (χ1) is 11.4. The molecule has 5 heteroatoms. The summed E-state index contributed by atoms with van der Waals surface area (Å²) in [7, 11) is 1.79. The van der Waals surface area contributed by atoms with Crippen LogP contribution in [-0.2, 0) is 0 Å². The second kappa shape index (κ2) is 6.15. The maximum Gasteiger partial charge on any atom is 0.254 e. The lowest BCUT2D eigenvalue weighted by atomic mass is 9.63. The lowest BCUT2D eigenvalue weighted by Crippen LogP contribution is -2.63. The number of rotatable bonds is 4. The van der Waals surface area contributed by atoms with Crippen LogP contribution in [0.25, 0.3) is 0 Å². The van der Waals surface area contributed by atoms with Crippen LogP contribution in [0, 0.1) is 5.41 Å². The Balaban J connectivity index is 1.70. The molecule has 24 heavy (non-hydrogen) atoms. The van der Waals surface area contributed by atoms with Gasteiger partial charge in [0, 0.05) is 42.8 Å². The average molecular weight is 326 g/mol. The van der Waals surface area contributed by atoms with E-state index in [0.29, 0.717) is 5.56 Å². The number of ether oxygens (including phenoxy) is 1. The molecule has 0 radical (unpaired) electrons. The molecule has 1 amide bonds. The fourth-order valence-electron chi connectivity index (χ4n) is 3.31. The Labute approximate surface area is 141 Å². The second-order valence-corrected chi connectivity index (χ2v) is 6.85. The van der Waals surface area contributed by atoms with Gasteiger partial charge in [-0.05, 0) is 18.2 Å². The first-order valence-electron chi connectivity index (χ1n) is 8.07. The van der Waals surface area contributed by atoms with Gasteiger partial charge in [0.1, 0.15) is 11.9 Å². The second-order valence-electron chi connectivity index (χ2n) is 6.85. The van der Waals surface area contributed by atoms with Crippen molar-refractivity contribution in [1.29, 1.82) is 0 Å². The number of pyridine rings is 1. The number of aromatic nitrogens is 1. The smallest absolute Gasteiger partial charge is 0.254 e. The van der Waals surface area contributed by atoms with Crippen LogP contribution in [0.1, 0.15) is 30.6 Å². The van der Waals surface area contributed by atoms with Gasteiger partial charge in [-0.2, -0.15) is 0 Å². The summed E-state index contributed by atoms with van der Waals surface area (Å²) in [6, 6.07) is 12.8. The predicted molar refractivity (Wildman–Crippen MR) is 92.2 cm³/mol. The zero-order valence-electron chi connectivity index (χ0n) is 14.2. The molecule has 0 aliphatic heterocycles. The van der Waals surface area contributed by atoms with Gasteiger partial charge >= 0.3 is 0 Å². The topological polar surface area (TPSA) is 62.4 Å². The van der Waals surface area contributed by atoms with Gasteiger partial charge < -0.3 is 14.6 Å². The highest BCUT2D eigenvalue weighted by atomic mass is 16.5. The quantitative estimate of drug-likeness (QED) is 0.939. The molecule has 0 bridgehead atoms. The van der Waals surface area contributed by atoms with Gasteiger partial charge in [-0.1, -0.05) is 32.0 Å². The van der Waals surface area contributed by atoms with Gasteiger partial charge in [-0.25, -0.2) is 0 Å². The zero-order valence-corrected chi connectivity index (χ0v) is 14.2. The minimum atomic E-state index is -0.271. The summed E-state index contributed by atoms with van der Waals surface area (Å²) in [5.41, 5.74) is -0.0292. The standard InChI is InChI=1S/C19H22N2O3/c1-19(2)15(12-16(19)24-14-7-5-4-6-8-14)21(3)18(23)13-9-10-20-17(22)11-13/h4-11,15-16H,12H2,1-3H3,(H,20,22). The number of aromatic amines is 1. The monoisotopic (exact) mass is 326 g/mol. The average Bonchev–Trinajstić information content (AvgIpc) is 2.58. The molecule has 1 aliphatic carbocycles. The van der Waals surface area contributed by atoms with Crippen molar-refractivity contribution in [1.82, 2.24) is 9.88 Å². The van der Waals surface area contributed by atoms with Crippen molar-refractivity contribution in [2.24, 2.45) is 5.41 Å². The number of benzene rings is 1. The maximum absolute atomic E-state index is 12.6. The molecule has 1 aromatic carbocycles. The van der Waals surface area contributed by atoms with Crippen LogP contribution in [-0.4, -0.2) is 35.0 Å². The SMILES string of the molecule is CN(C(=O)c1cc[nH]c(=O)c1)C1CC(Oc2ccccc2)C1(C)C. The van der Waals surface area contributed by atoms with Crippen molar-refractivity contribution < 1.29 is 9.53 Å². The summed E-state index contributed by atoms with van der Waals surface area (Å²) < 4.78 is 6.06. The van der Waals surface area contributed by atoms with Crippen LogP contribution in [0.15, 0.2) is 53.5 Å². The van der Waals surface area contributed by atoms with Crippen molar-refractivity contribution >= 4 is 5.91 Å². The highest BCUT2D eigenvalue weighted by Crippen LogP contribution is 2.45. The van der Waals surface area contributed by atoms with Crippen molar-refractivity contribution in [2.75, 3.05) is 7.05 Å². The molecule has 0 saturated heterocycles. The lowest BCUT2D eigenvalue weighted by Gasteiger charge is -2.54. The Morgan fingerprint density at radius 2 is 1.96 bits per heavy atom. The predicted octanol–water partition coefficient (Wildman–Crippen LogP) is 2.69. The van der Waals surface area contributed by atoms with Crippen LogP contribution in [0.3, 0.4) is 0 Å². The molecule has 1 N–H and O–H groups in total. The van der Waals surface area contributed by atoms with Crippen molar-refractivity contribution in [3.05, 3.63) is 64.6 Å². The van der Waals surface area contributed by atoms with Crippen LogP contribution in [0.4, 0.5) is 0 Å². The molecule has 5 nitrogen and oxygen atoms in total. The summed E-state index contributed by atoms with van der Waals surface area (Å²) >= 11 is 0. The van der Waals surface area contributed by atoms with Crippen LogP contribution in [0.5, 0.6) is 5.75 Å². The number of hydrogen-bond donors (Lipinski definition) is 1. The van der Waals surface area contributed by atoms with Crippen molar-refractivity contribution in [3.63, 3.8) is 0 Å². The number of hydrogen-bond acceptors (Lipinski definition) is 3. The summed E-state index contributed by atoms with van der Waals surface area (Å²) in [5.74, 6) is 0.704. The van der Waals surface area contributed by atoms with Gasteiger partial charge in [0.25, 0.3) is 5.91 Å². The van der Waals surface area contributed by atoms with Crippen LogP contribution in [0.2, 0.25) is 0 Å². The van der Waals surface area contributed by atoms with E-state index < -0.39 is 0 Å². The third-order valence-corrected chi connectivity index (χ3v) is 4.96. The molecule has 2 atom stereocenters. The van der Waals surface area contributed by atoms with Crippen molar-refractivity contribution in [3.8, 4) is 5.75 Å². The minimum absolute atomic E-state index is 0.0549. The molecule has 2 aromatic rings. The Bertz CT molecular complexity index is 782. The molecule has 3 rings (SSSR count). The highest BCUT2D eigenvalue weighted by Gasteiger charge is 2.52. The Morgan fingerprint density at radius 1 is 1.25 bits per heavy atom. The molecule has 2 unspecified atom stereocenters. The number of nitrogens with zero attached hydrogens (tertiary/aromatic N) is 1. The summed E-state index contributed by atoms with van der Waals surface area (Å²) in [6.45, 7) is 4.21. The maximum atomic E-state index is 12.6. The summed E-state index contributed by atoms with van der Waals surface area (Å²) in [4.78, 5) is 28.3. The first-order valence-corrected chi connectivity index (χ1v) is 8.07.